The molecule has 6 heteroatoms. The number of carboxylic acid groups (broad SMARTS) is 1. The molecule has 2 amide bonds. The van der Waals surface area contributed by atoms with Crippen LogP contribution in [0.2, 0.25) is 0 Å². The molecule has 0 radical (unpaired) electrons. The van der Waals surface area contributed by atoms with Gasteiger partial charge in [-0.3, -0.25) is 14.4 Å². The Morgan fingerprint density at radius 1 is 1.30 bits per heavy atom. The molecule has 0 spiro atoms. The Hall–Kier alpha value is -2.37. The van der Waals surface area contributed by atoms with Gasteiger partial charge < -0.3 is 16.2 Å². The molecule has 6 nitrogen and oxygen atoms in total. The van der Waals surface area contributed by atoms with Crippen molar-refractivity contribution in [2.45, 2.75) is 25.3 Å². The summed E-state index contributed by atoms with van der Waals surface area (Å²) in [6, 6.07) is 5.69. The third-order valence-corrected chi connectivity index (χ3v) is 3.31. The van der Waals surface area contributed by atoms with E-state index in [-0.39, 0.29) is 29.9 Å². The highest BCUT2D eigenvalue weighted by Crippen LogP contribution is 2.34. The van der Waals surface area contributed by atoms with Gasteiger partial charge in [-0.2, -0.15) is 0 Å². The molecule has 0 heterocycles. The van der Waals surface area contributed by atoms with Gasteiger partial charge in [-0.05, 0) is 37.0 Å². The van der Waals surface area contributed by atoms with Gasteiger partial charge in [-0.15, -0.1) is 0 Å². The maximum Gasteiger partial charge on any atom is 0.305 e. The van der Waals surface area contributed by atoms with E-state index >= 15 is 0 Å². The van der Waals surface area contributed by atoms with Gasteiger partial charge in [0.2, 0.25) is 5.91 Å². The molecule has 1 aromatic carbocycles. The molecule has 1 unspecified atom stereocenters. The number of carbonyl (C=O) groups is 3. The lowest BCUT2D eigenvalue weighted by Gasteiger charge is -2.16. The lowest BCUT2D eigenvalue weighted by molar-refractivity contribution is -0.137. The van der Waals surface area contributed by atoms with Crippen LogP contribution in [0.5, 0.6) is 0 Å². The topological polar surface area (TPSA) is 109 Å². The summed E-state index contributed by atoms with van der Waals surface area (Å²) >= 11 is 0. The summed E-state index contributed by atoms with van der Waals surface area (Å²) in [6.07, 6.45) is 1.77. The largest absolute Gasteiger partial charge is 0.481 e. The van der Waals surface area contributed by atoms with E-state index in [0.29, 0.717) is 5.56 Å². The first-order valence-electron chi connectivity index (χ1n) is 6.40. The number of benzene rings is 1. The number of hydrogen-bond donors (Lipinski definition) is 3. The number of rotatable bonds is 6. The second kappa shape index (κ2) is 5.73. The van der Waals surface area contributed by atoms with Gasteiger partial charge in [0.1, 0.15) is 0 Å². The Balaban J connectivity index is 2.08. The lowest BCUT2D eigenvalue weighted by atomic mass is 10.1. The van der Waals surface area contributed by atoms with Crippen LogP contribution < -0.4 is 11.1 Å². The molecule has 1 saturated carbocycles. The molecule has 4 N–H and O–H groups in total. The molecule has 1 aliphatic rings. The van der Waals surface area contributed by atoms with Crippen molar-refractivity contribution in [2.75, 3.05) is 0 Å². The zero-order valence-corrected chi connectivity index (χ0v) is 10.8. The second-order valence-corrected chi connectivity index (χ2v) is 4.96. The maximum absolute atomic E-state index is 12.1. The number of nitrogens with one attached hydrogen (secondary N) is 1. The van der Waals surface area contributed by atoms with E-state index < -0.39 is 11.9 Å². The van der Waals surface area contributed by atoms with E-state index in [1.54, 1.807) is 12.1 Å². The molecule has 1 aliphatic carbocycles. The van der Waals surface area contributed by atoms with Crippen LogP contribution in [0.25, 0.3) is 0 Å². The molecule has 0 aromatic heterocycles. The Kier molecular flexibility index (Phi) is 4.02. The van der Waals surface area contributed by atoms with Crippen molar-refractivity contribution in [1.29, 1.82) is 0 Å². The summed E-state index contributed by atoms with van der Waals surface area (Å²) in [6.45, 7) is 0. The van der Waals surface area contributed by atoms with Gasteiger partial charge in [0.25, 0.3) is 5.91 Å². The normalized spacial score (nSPS) is 15.4. The Morgan fingerprint density at radius 3 is 2.50 bits per heavy atom. The van der Waals surface area contributed by atoms with Crippen molar-refractivity contribution in [3.8, 4) is 0 Å². The predicted molar refractivity (Wildman–Crippen MR) is 71.2 cm³/mol. The van der Waals surface area contributed by atoms with E-state index in [1.165, 1.54) is 12.1 Å². The van der Waals surface area contributed by atoms with Crippen LogP contribution in [0, 0.1) is 5.92 Å². The van der Waals surface area contributed by atoms with E-state index in [9.17, 15) is 14.4 Å². The third kappa shape index (κ3) is 3.57. The highest BCUT2D eigenvalue weighted by atomic mass is 16.4. The average Bonchev–Trinajstić information content (AvgIpc) is 3.21. The quantitative estimate of drug-likeness (QED) is 0.712. The van der Waals surface area contributed by atoms with Crippen LogP contribution >= 0.6 is 0 Å². The first kappa shape index (κ1) is 14.0. The number of primary amides is 1. The Labute approximate surface area is 116 Å². The monoisotopic (exact) mass is 276 g/mol. The average molecular weight is 276 g/mol. The first-order chi connectivity index (χ1) is 9.47. The van der Waals surface area contributed by atoms with Crippen LogP contribution in [0.15, 0.2) is 24.3 Å². The van der Waals surface area contributed by atoms with Crippen LogP contribution in [-0.2, 0) is 4.79 Å². The van der Waals surface area contributed by atoms with E-state index in [0.717, 1.165) is 12.8 Å². The van der Waals surface area contributed by atoms with E-state index in [4.69, 9.17) is 10.8 Å². The fraction of sp³-hybridized carbons (Fsp3) is 0.357. The molecule has 1 aromatic rings. The highest BCUT2D eigenvalue weighted by Gasteiger charge is 2.33. The summed E-state index contributed by atoms with van der Waals surface area (Å²) in [4.78, 5) is 34.0. The van der Waals surface area contributed by atoms with Crippen molar-refractivity contribution in [2.24, 2.45) is 11.7 Å². The summed E-state index contributed by atoms with van der Waals surface area (Å²) in [5, 5.41) is 11.6. The van der Waals surface area contributed by atoms with Gasteiger partial charge in [0, 0.05) is 17.2 Å². The summed E-state index contributed by atoms with van der Waals surface area (Å²) in [5.41, 5.74) is 5.71. The number of hydrogen-bond acceptors (Lipinski definition) is 3. The highest BCUT2D eigenvalue weighted by molar-refractivity contribution is 5.99. The van der Waals surface area contributed by atoms with Crippen LogP contribution in [0.3, 0.4) is 0 Å². The molecule has 2 rings (SSSR count). The van der Waals surface area contributed by atoms with Gasteiger partial charge in [-0.25, -0.2) is 0 Å². The number of carbonyl (C=O) groups excluding carboxylic acids is 2. The third-order valence-electron chi connectivity index (χ3n) is 3.31. The minimum absolute atomic E-state index is 0.0914. The fourth-order valence-corrected chi connectivity index (χ4v) is 2.09. The van der Waals surface area contributed by atoms with Gasteiger partial charge in [-0.1, -0.05) is 6.07 Å². The number of aliphatic carboxylic acids is 1. The second-order valence-electron chi connectivity index (χ2n) is 4.96. The van der Waals surface area contributed by atoms with Gasteiger partial charge in [0.15, 0.2) is 0 Å². The molecule has 0 saturated heterocycles. The van der Waals surface area contributed by atoms with Crippen LogP contribution in [-0.4, -0.2) is 28.9 Å². The first-order valence-corrected chi connectivity index (χ1v) is 6.40. The van der Waals surface area contributed by atoms with Crippen molar-refractivity contribution >= 4 is 17.8 Å². The van der Waals surface area contributed by atoms with Gasteiger partial charge >= 0.3 is 5.97 Å². The fourth-order valence-electron chi connectivity index (χ4n) is 2.09. The van der Waals surface area contributed by atoms with Crippen molar-refractivity contribution in [3.05, 3.63) is 35.4 Å². The van der Waals surface area contributed by atoms with Crippen LogP contribution in [0.1, 0.15) is 40.0 Å². The van der Waals surface area contributed by atoms with Gasteiger partial charge in [0.05, 0.1) is 6.42 Å². The van der Waals surface area contributed by atoms with Crippen molar-refractivity contribution < 1.29 is 19.5 Å². The predicted octanol–water partition coefficient (Wildman–Crippen LogP) is 0.769. The SMILES string of the molecule is NC(=O)c1cccc(C(=O)NC(CC(=O)O)C2CC2)c1. The molecule has 20 heavy (non-hydrogen) atoms. The lowest BCUT2D eigenvalue weighted by Crippen LogP contribution is -2.38. The maximum atomic E-state index is 12.1. The van der Waals surface area contributed by atoms with Crippen molar-refractivity contribution in [1.82, 2.24) is 5.32 Å². The minimum atomic E-state index is -0.937. The Morgan fingerprint density at radius 2 is 1.95 bits per heavy atom. The molecular formula is C14H16N2O4. The van der Waals surface area contributed by atoms with Crippen molar-refractivity contribution in [3.63, 3.8) is 0 Å². The molecule has 1 fully saturated rings. The molecule has 0 aliphatic heterocycles. The zero-order valence-electron chi connectivity index (χ0n) is 10.8. The number of carboxylic acids is 1. The number of nitrogens with two attached hydrogens (primary N) is 1. The smallest absolute Gasteiger partial charge is 0.305 e. The standard InChI is InChI=1S/C14H16N2O4/c15-13(19)9-2-1-3-10(6-9)14(20)16-11(7-12(17)18)8-4-5-8/h1-3,6,8,11H,4-5,7H2,(H2,15,19)(H,16,20)(H,17,18). The molecule has 106 valence electrons. The zero-order chi connectivity index (χ0) is 14.7. The van der Waals surface area contributed by atoms with E-state index in [1.807, 2.05) is 0 Å². The molecule has 1 atom stereocenters. The van der Waals surface area contributed by atoms with Crippen LogP contribution in [0.4, 0.5) is 0 Å². The summed E-state index contributed by atoms with van der Waals surface area (Å²) in [5.74, 6) is -1.70. The summed E-state index contributed by atoms with van der Waals surface area (Å²) < 4.78 is 0. The Bertz CT molecular complexity index is 552. The number of amides is 2. The molecular weight excluding hydrogens is 260 g/mol. The molecule has 0 bridgehead atoms. The summed E-state index contributed by atoms with van der Waals surface area (Å²) in [7, 11) is 0. The van der Waals surface area contributed by atoms with E-state index in [2.05, 4.69) is 5.32 Å². The minimum Gasteiger partial charge on any atom is -0.481 e.